The van der Waals surface area contributed by atoms with Crippen molar-refractivity contribution in [2.45, 2.75) is 0 Å². The number of hydrogen-bond donors (Lipinski definition) is 1. The van der Waals surface area contributed by atoms with Crippen LogP contribution >= 0.6 is 46.1 Å². The van der Waals surface area contributed by atoms with Gasteiger partial charge in [0.2, 0.25) is 0 Å². The highest BCUT2D eigenvalue weighted by Crippen LogP contribution is 2.38. The molecule has 3 aromatic rings. The molecular weight excluding hydrogens is 337 g/mol. The van der Waals surface area contributed by atoms with Gasteiger partial charge in [-0.2, -0.15) is 0 Å². The van der Waals surface area contributed by atoms with Crippen molar-refractivity contribution in [2.24, 2.45) is 0 Å². The van der Waals surface area contributed by atoms with Crippen molar-refractivity contribution in [3.8, 4) is 11.4 Å². The van der Waals surface area contributed by atoms with Gasteiger partial charge in [0.05, 0.1) is 15.4 Å². The molecule has 1 N–H and O–H groups in total. The SMILES string of the molecule is CNc1nc(-c2cc(Cl)sc2Cl)nc2cc(Cl)ccc12. The molecule has 0 unspecified atom stereocenters. The first-order valence-electron chi connectivity index (χ1n) is 5.69. The Labute approximate surface area is 134 Å². The third-order valence-corrected chi connectivity index (χ3v) is 4.52. The van der Waals surface area contributed by atoms with Crippen LogP contribution in [0.4, 0.5) is 5.82 Å². The molecule has 0 atom stereocenters. The zero-order valence-corrected chi connectivity index (χ0v) is 13.3. The Balaban J connectivity index is 2.29. The summed E-state index contributed by atoms with van der Waals surface area (Å²) >= 11 is 19.5. The van der Waals surface area contributed by atoms with E-state index in [2.05, 4.69) is 15.3 Å². The number of anilines is 1. The molecule has 7 heteroatoms. The highest BCUT2D eigenvalue weighted by Gasteiger charge is 2.14. The Bertz CT molecular complexity index is 801. The zero-order chi connectivity index (χ0) is 14.3. The topological polar surface area (TPSA) is 37.8 Å². The molecule has 2 aromatic heterocycles. The summed E-state index contributed by atoms with van der Waals surface area (Å²) in [7, 11) is 1.81. The average molecular weight is 345 g/mol. The summed E-state index contributed by atoms with van der Waals surface area (Å²) in [5.41, 5.74) is 1.48. The van der Waals surface area contributed by atoms with E-state index in [9.17, 15) is 0 Å². The largest absolute Gasteiger partial charge is 0.373 e. The molecule has 0 aliphatic rings. The van der Waals surface area contributed by atoms with Gasteiger partial charge >= 0.3 is 0 Å². The number of rotatable bonds is 2. The Morgan fingerprint density at radius 2 is 1.90 bits per heavy atom. The highest BCUT2D eigenvalue weighted by molar-refractivity contribution is 7.20. The van der Waals surface area contributed by atoms with Crippen LogP contribution in [-0.2, 0) is 0 Å². The van der Waals surface area contributed by atoms with Crippen LogP contribution in [-0.4, -0.2) is 17.0 Å². The molecule has 0 bridgehead atoms. The number of benzene rings is 1. The lowest BCUT2D eigenvalue weighted by atomic mass is 10.2. The number of thiophene rings is 1. The van der Waals surface area contributed by atoms with E-state index < -0.39 is 0 Å². The second-order valence-corrected chi connectivity index (χ2v) is 6.77. The smallest absolute Gasteiger partial charge is 0.164 e. The lowest BCUT2D eigenvalue weighted by molar-refractivity contribution is 1.22. The lowest BCUT2D eigenvalue weighted by Gasteiger charge is -2.08. The maximum absolute atomic E-state index is 6.17. The predicted octanol–water partition coefficient (Wildman–Crippen LogP) is 5.36. The molecule has 1 aromatic carbocycles. The van der Waals surface area contributed by atoms with E-state index in [0.29, 0.717) is 19.5 Å². The molecule has 0 spiro atoms. The van der Waals surface area contributed by atoms with Crippen LogP contribution in [0.25, 0.3) is 22.3 Å². The summed E-state index contributed by atoms with van der Waals surface area (Å²) in [4.78, 5) is 9.01. The van der Waals surface area contributed by atoms with Crippen molar-refractivity contribution in [2.75, 3.05) is 12.4 Å². The van der Waals surface area contributed by atoms with E-state index >= 15 is 0 Å². The fourth-order valence-corrected chi connectivity index (χ4v) is 3.53. The van der Waals surface area contributed by atoms with E-state index in [1.165, 1.54) is 11.3 Å². The van der Waals surface area contributed by atoms with E-state index in [0.717, 1.165) is 22.3 Å². The van der Waals surface area contributed by atoms with E-state index in [1.54, 1.807) is 12.1 Å². The van der Waals surface area contributed by atoms with Gasteiger partial charge in [0.1, 0.15) is 10.2 Å². The van der Waals surface area contributed by atoms with Gasteiger partial charge in [-0.3, -0.25) is 0 Å². The minimum atomic E-state index is 0.525. The number of aromatic nitrogens is 2. The molecule has 3 nitrogen and oxygen atoms in total. The van der Waals surface area contributed by atoms with Gasteiger partial charge < -0.3 is 5.32 Å². The summed E-state index contributed by atoms with van der Waals surface area (Å²) in [5, 5.41) is 4.58. The number of nitrogens with zero attached hydrogens (tertiary/aromatic N) is 2. The summed E-state index contributed by atoms with van der Waals surface area (Å²) in [6.07, 6.45) is 0. The Hall–Kier alpha value is -1.07. The van der Waals surface area contributed by atoms with Crippen LogP contribution in [0.1, 0.15) is 0 Å². The molecule has 0 radical (unpaired) electrons. The number of halogens is 3. The zero-order valence-electron chi connectivity index (χ0n) is 10.2. The monoisotopic (exact) mass is 343 g/mol. The Morgan fingerprint density at radius 3 is 2.55 bits per heavy atom. The molecule has 0 saturated carbocycles. The molecular formula is C13H8Cl3N3S. The molecule has 0 aliphatic heterocycles. The second kappa shape index (κ2) is 5.37. The molecule has 102 valence electrons. The minimum Gasteiger partial charge on any atom is -0.373 e. The first-order chi connectivity index (χ1) is 9.58. The standard InChI is InChI=1S/C13H8Cl3N3S/c1-17-12-7-3-2-6(14)4-9(7)18-13(19-12)8-5-10(15)20-11(8)16/h2-5H,1H3,(H,17,18,19). The van der Waals surface area contributed by atoms with Crippen LogP contribution < -0.4 is 5.32 Å². The normalized spacial score (nSPS) is 11.0. The first kappa shape index (κ1) is 13.9. The number of hydrogen-bond acceptors (Lipinski definition) is 4. The Morgan fingerprint density at radius 1 is 1.10 bits per heavy atom. The fraction of sp³-hybridized carbons (Fsp3) is 0.0769. The third kappa shape index (κ3) is 2.44. The molecule has 3 rings (SSSR count). The maximum atomic E-state index is 6.17. The van der Waals surface area contributed by atoms with Crippen molar-refractivity contribution in [1.82, 2.24) is 9.97 Å². The van der Waals surface area contributed by atoms with E-state index in [4.69, 9.17) is 34.8 Å². The van der Waals surface area contributed by atoms with Crippen molar-refractivity contribution in [3.63, 3.8) is 0 Å². The molecule has 0 saturated heterocycles. The fourth-order valence-electron chi connectivity index (χ4n) is 1.91. The van der Waals surface area contributed by atoms with Crippen LogP contribution in [0.2, 0.25) is 13.7 Å². The van der Waals surface area contributed by atoms with Crippen molar-refractivity contribution >= 4 is 62.9 Å². The van der Waals surface area contributed by atoms with Crippen LogP contribution in [0.15, 0.2) is 24.3 Å². The lowest BCUT2D eigenvalue weighted by Crippen LogP contribution is -1.98. The van der Waals surface area contributed by atoms with E-state index in [1.807, 2.05) is 19.2 Å². The van der Waals surface area contributed by atoms with Gasteiger partial charge in [-0.25, -0.2) is 9.97 Å². The van der Waals surface area contributed by atoms with Gasteiger partial charge in [0.25, 0.3) is 0 Å². The number of nitrogens with one attached hydrogen (secondary N) is 1. The molecule has 0 aliphatic carbocycles. The van der Waals surface area contributed by atoms with Gasteiger partial charge in [-0.15, -0.1) is 11.3 Å². The molecule has 20 heavy (non-hydrogen) atoms. The molecule has 0 amide bonds. The predicted molar refractivity (Wildman–Crippen MR) is 87.4 cm³/mol. The minimum absolute atomic E-state index is 0.525. The van der Waals surface area contributed by atoms with E-state index in [-0.39, 0.29) is 0 Å². The van der Waals surface area contributed by atoms with Gasteiger partial charge in [-0.05, 0) is 24.3 Å². The van der Waals surface area contributed by atoms with Gasteiger partial charge in [0.15, 0.2) is 5.82 Å². The highest BCUT2D eigenvalue weighted by atomic mass is 35.5. The van der Waals surface area contributed by atoms with Crippen LogP contribution in [0.5, 0.6) is 0 Å². The summed E-state index contributed by atoms with van der Waals surface area (Å²) in [6, 6.07) is 7.25. The maximum Gasteiger partial charge on any atom is 0.164 e. The first-order valence-corrected chi connectivity index (χ1v) is 7.64. The summed E-state index contributed by atoms with van der Waals surface area (Å²) in [5.74, 6) is 1.25. The average Bonchev–Trinajstić information content (AvgIpc) is 2.76. The van der Waals surface area contributed by atoms with Crippen molar-refractivity contribution in [3.05, 3.63) is 38.0 Å². The quantitative estimate of drug-likeness (QED) is 0.680. The van der Waals surface area contributed by atoms with Crippen molar-refractivity contribution < 1.29 is 0 Å². The summed E-state index contributed by atoms with van der Waals surface area (Å²) < 4.78 is 1.17. The van der Waals surface area contributed by atoms with Gasteiger partial charge in [0, 0.05) is 17.5 Å². The molecule has 0 fully saturated rings. The van der Waals surface area contributed by atoms with Crippen LogP contribution in [0, 0.1) is 0 Å². The third-order valence-electron chi connectivity index (χ3n) is 2.79. The second-order valence-electron chi connectivity index (χ2n) is 4.05. The Kier molecular flexibility index (Phi) is 3.73. The number of fused-ring (bicyclic) bond motifs is 1. The molecule has 2 heterocycles. The summed E-state index contributed by atoms with van der Waals surface area (Å²) in [6.45, 7) is 0. The van der Waals surface area contributed by atoms with Gasteiger partial charge in [-0.1, -0.05) is 34.8 Å². The van der Waals surface area contributed by atoms with Crippen LogP contribution in [0.3, 0.4) is 0 Å². The van der Waals surface area contributed by atoms with Crippen molar-refractivity contribution in [1.29, 1.82) is 0 Å².